The molecule has 0 bridgehead atoms. The topological polar surface area (TPSA) is 67.9 Å². The highest BCUT2D eigenvalue weighted by atomic mass is 19.1. The zero-order valence-electron chi connectivity index (χ0n) is 20.8. The molecule has 0 unspecified atom stereocenters. The third kappa shape index (κ3) is 5.51. The Labute approximate surface area is 211 Å². The van der Waals surface area contributed by atoms with E-state index in [1.807, 2.05) is 38.1 Å². The van der Waals surface area contributed by atoms with Crippen molar-refractivity contribution in [3.8, 4) is 11.5 Å². The highest BCUT2D eigenvalue weighted by Crippen LogP contribution is 2.38. The van der Waals surface area contributed by atoms with E-state index in [9.17, 15) is 14.0 Å². The smallest absolute Gasteiger partial charge is 0.265 e. The van der Waals surface area contributed by atoms with Gasteiger partial charge in [0.2, 0.25) is 5.91 Å². The van der Waals surface area contributed by atoms with Crippen molar-refractivity contribution in [2.75, 3.05) is 19.0 Å². The monoisotopic (exact) mass is 490 g/mol. The Balaban J connectivity index is 1.60. The minimum Gasteiger partial charge on any atom is -0.497 e. The fourth-order valence-corrected chi connectivity index (χ4v) is 4.56. The average molecular weight is 491 g/mol. The Kier molecular flexibility index (Phi) is 7.88. The maximum Gasteiger partial charge on any atom is 0.265 e. The quantitative estimate of drug-likeness (QED) is 0.452. The van der Waals surface area contributed by atoms with Crippen LogP contribution in [0.5, 0.6) is 11.5 Å². The van der Waals surface area contributed by atoms with Crippen LogP contribution in [0.4, 0.5) is 10.1 Å². The van der Waals surface area contributed by atoms with Crippen molar-refractivity contribution in [3.05, 3.63) is 89.2 Å². The first-order valence-corrected chi connectivity index (χ1v) is 12.2. The molecule has 36 heavy (non-hydrogen) atoms. The highest BCUT2D eigenvalue weighted by molar-refractivity contribution is 5.94. The first-order valence-electron chi connectivity index (χ1n) is 12.2. The number of hydrogen-bond acceptors (Lipinski definition) is 4. The van der Waals surface area contributed by atoms with Crippen molar-refractivity contribution in [1.82, 2.24) is 4.90 Å². The summed E-state index contributed by atoms with van der Waals surface area (Å²) in [6, 6.07) is 18.7. The molecule has 0 saturated heterocycles. The van der Waals surface area contributed by atoms with Crippen molar-refractivity contribution in [1.29, 1.82) is 0 Å². The first-order chi connectivity index (χ1) is 17.4. The van der Waals surface area contributed by atoms with E-state index >= 15 is 0 Å². The van der Waals surface area contributed by atoms with Crippen LogP contribution in [0.15, 0.2) is 66.7 Å². The molecule has 0 radical (unpaired) electrons. The Morgan fingerprint density at radius 2 is 1.81 bits per heavy atom. The molecule has 188 valence electrons. The van der Waals surface area contributed by atoms with Crippen LogP contribution in [0.25, 0.3) is 0 Å². The number of methoxy groups -OCH3 is 1. The van der Waals surface area contributed by atoms with E-state index in [1.165, 1.54) is 12.1 Å². The summed E-state index contributed by atoms with van der Waals surface area (Å²) in [5.41, 5.74) is 3.32. The predicted molar refractivity (Wildman–Crippen MR) is 137 cm³/mol. The number of fused-ring (bicyclic) bond motifs is 1. The molecule has 0 saturated carbocycles. The molecule has 3 aromatic carbocycles. The number of carbonyl (C=O) groups is 2. The summed E-state index contributed by atoms with van der Waals surface area (Å²) in [5, 5.41) is 2.88. The van der Waals surface area contributed by atoms with Crippen LogP contribution in [-0.4, -0.2) is 36.5 Å². The van der Waals surface area contributed by atoms with Gasteiger partial charge in [0.05, 0.1) is 13.2 Å². The molecular formula is C29H31FN2O4. The number of benzene rings is 3. The fourth-order valence-electron chi connectivity index (χ4n) is 4.56. The second-order valence-corrected chi connectivity index (χ2v) is 8.74. The third-order valence-electron chi connectivity index (χ3n) is 6.43. The number of hydrogen-bond donors (Lipinski definition) is 1. The Morgan fingerprint density at radius 1 is 1.06 bits per heavy atom. The van der Waals surface area contributed by atoms with E-state index < -0.39 is 12.1 Å². The van der Waals surface area contributed by atoms with E-state index in [0.29, 0.717) is 48.6 Å². The number of halogens is 1. The first kappa shape index (κ1) is 25.2. The van der Waals surface area contributed by atoms with Gasteiger partial charge in [0.15, 0.2) is 6.10 Å². The van der Waals surface area contributed by atoms with Crippen LogP contribution in [0.3, 0.4) is 0 Å². The summed E-state index contributed by atoms with van der Waals surface area (Å²) in [4.78, 5) is 27.5. The van der Waals surface area contributed by atoms with Crippen molar-refractivity contribution < 1.29 is 23.5 Å². The van der Waals surface area contributed by atoms with Gasteiger partial charge < -0.3 is 19.7 Å². The molecule has 1 heterocycles. The van der Waals surface area contributed by atoms with Gasteiger partial charge in [-0.3, -0.25) is 9.59 Å². The van der Waals surface area contributed by atoms with E-state index in [-0.39, 0.29) is 17.6 Å². The lowest BCUT2D eigenvalue weighted by Crippen LogP contribution is -2.40. The number of carbonyl (C=O) groups excluding carboxylic acids is 2. The van der Waals surface area contributed by atoms with Crippen LogP contribution < -0.4 is 14.8 Å². The molecule has 3 aromatic rings. The lowest BCUT2D eigenvalue weighted by molar-refractivity contribution is -0.133. The molecule has 1 aliphatic rings. The maximum atomic E-state index is 14.1. The molecule has 0 fully saturated rings. The number of anilines is 1. The molecule has 2 amide bonds. The minimum atomic E-state index is -0.713. The second kappa shape index (κ2) is 11.2. The molecule has 1 N–H and O–H groups in total. The van der Waals surface area contributed by atoms with E-state index in [1.54, 1.807) is 42.3 Å². The van der Waals surface area contributed by atoms with Crippen LogP contribution in [0, 0.1) is 5.82 Å². The Morgan fingerprint density at radius 3 is 2.47 bits per heavy atom. The maximum absolute atomic E-state index is 14.1. The minimum absolute atomic E-state index is 0.00605. The van der Waals surface area contributed by atoms with Crippen LogP contribution in [0.1, 0.15) is 49.4 Å². The van der Waals surface area contributed by atoms with Crippen LogP contribution >= 0.6 is 0 Å². The van der Waals surface area contributed by atoms with Gasteiger partial charge in [-0.05, 0) is 78.1 Å². The zero-order valence-corrected chi connectivity index (χ0v) is 20.8. The van der Waals surface area contributed by atoms with Crippen molar-refractivity contribution in [2.24, 2.45) is 0 Å². The van der Waals surface area contributed by atoms with Crippen molar-refractivity contribution in [2.45, 2.75) is 45.3 Å². The largest absolute Gasteiger partial charge is 0.497 e. The van der Waals surface area contributed by atoms with Crippen molar-refractivity contribution in [3.63, 3.8) is 0 Å². The highest BCUT2D eigenvalue weighted by Gasteiger charge is 2.32. The van der Waals surface area contributed by atoms with Gasteiger partial charge >= 0.3 is 0 Å². The van der Waals surface area contributed by atoms with Gasteiger partial charge in [0.1, 0.15) is 17.3 Å². The predicted octanol–water partition coefficient (Wildman–Crippen LogP) is 5.51. The number of amides is 2. The summed E-state index contributed by atoms with van der Waals surface area (Å²) in [5.74, 6) is 0.625. The standard InChI is InChI=1S/C29H31FN2O4/c1-4-26(29(34)31-22-10-13-23(35-3)14-11-22)36-24-12-9-19-15-16-32(27(33)5-2)28(25(19)18-24)20-7-6-8-21(30)17-20/h6-14,17-18,26,28H,4-5,15-16H2,1-3H3,(H,31,34)/t26-,28-/m1/s1. The molecule has 1 aliphatic heterocycles. The third-order valence-corrected chi connectivity index (χ3v) is 6.43. The normalized spacial score (nSPS) is 15.6. The Hall–Kier alpha value is -3.87. The summed E-state index contributed by atoms with van der Waals surface area (Å²) < 4.78 is 25.4. The van der Waals surface area contributed by atoms with Crippen molar-refractivity contribution >= 4 is 17.5 Å². The number of rotatable bonds is 8. The summed E-state index contributed by atoms with van der Waals surface area (Å²) in [6.45, 7) is 4.27. The number of ether oxygens (including phenoxy) is 2. The van der Waals surface area contributed by atoms with Gasteiger partial charge in [0, 0.05) is 18.7 Å². The van der Waals surface area contributed by atoms with Gasteiger partial charge in [-0.25, -0.2) is 4.39 Å². The fraction of sp³-hybridized carbons (Fsp3) is 0.310. The average Bonchev–Trinajstić information content (AvgIpc) is 2.90. The molecule has 6 nitrogen and oxygen atoms in total. The Bertz CT molecular complexity index is 1230. The summed E-state index contributed by atoms with van der Waals surface area (Å²) in [7, 11) is 1.59. The van der Waals surface area contributed by atoms with Gasteiger partial charge in [-0.15, -0.1) is 0 Å². The van der Waals surface area contributed by atoms with Gasteiger partial charge in [0.25, 0.3) is 5.91 Å². The number of nitrogens with one attached hydrogen (secondary N) is 1. The number of nitrogens with zero attached hydrogens (tertiary/aromatic N) is 1. The molecule has 4 rings (SSSR count). The van der Waals surface area contributed by atoms with Crippen LogP contribution in [0.2, 0.25) is 0 Å². The van der Waals surface area contributed by atoms with E-state index in [2.05, 4.69) is 5.32 Å². The lowest BCUT2D eigenvalue weighted by Gasteiger charge is -2.38. The zero-order chi connectivity index (χ0) is 25.7. The molecule has 7 heteroatoms. The molecule has 0 spiro atoms. The van der Waals surface area contributed by atoms with Gasteiger partial charge in [-0.1, -0.05) is 32.0 Å². The molecule has 2 atom stereocenters. The van der Waals surface area contributed by atoms with Gasteiger partial charge in [-0.2, -0.15) is 0 Å². The van der Waals surface area contributed by atoms with E-state index in [0.717, 1.165) is 11.1 Å². The SMILES string of the molecule is CCC(=O)N1CCc2ccc(O[C@H](CC)C(=O)Nc3ccc(OC)cc3)cc2[C@H]1c1cccc(F)c1. The molecular weight excluding hydrogens is 459 g/mol. The van der Waals surface area contributed by atoms with E-state index in [4.69, 9.17) is 9.47 Å². The molecule has 0 aromatic heterocycles. The lowest BCUT2D eigenvalue weighted by atomic mass is 9.87. The molecule has 0 aliphatic carbocycles. The summed E-state index contributed by atoms with van der Waals surface area (Å²) in [6.07, 6.45) is 0.811. The summed E-state index contributed by atoms with van der Waals surface area (Å²) >= 11 is 0. The van der Waals surface area contributed by atoms with Crippen LogP contribution in [-0.2, 0) is 16.0 Å². The second-order valence-electron chi connectivity index (χ2n) is 8.74.